The molecule has 2 aromatic heterocycles. The van der Waals surface area contributed by atoms with Gasteiger partial charge in [-0.3, -0.25) is 4.98 Å². The third-order valence-corrected chi connectivity index (χ3v) is 3.36. The van der Waals surface area contributed by atoms with Crippen molar-refractivity contribution in [2.75, 3.05) is 0 Å². The minimum atomic E-state index is -0.563. The molecule has 2 heterocycles. The van der Waals surface area contributed by atoms with Crippen LogP contribution >= 0.6 is 11.6 Å². The Morgan fingerprint density at radius 2 is 2.14 bits per heavy atom. The van der Waals surface area contributed by atoms with Gasteiger partial charge < -0.3 is 9.67 Å². The van der Waals surface area contributed by atoms with Crippen LogP contribution in [-0.4, -0.2) is 19.6 Å². The lowest BCUT2D eigenvalue weighted by atomic mass is 10.1. The Bertz CT molecular complexity index is 757. The molecule has 6 heteroatoms. The number of aromatic hydroxyl groups is 1. The van der Waals surface area contributed by atoms with Crippen molar-refractivity contribution in [2.45, 2.75) is 6.54 Å². The summed E-state index contributed by atoms with van der Waals surface area (Å²) in [5.41, 5.74) is 1.69. The van der Waals surface area contributed by atoms with Crippen LogP contribution in [0.25, 0.3) is 11.3 Å². The largest absolute Gasteiger partial charge is 0.506 e. The van der Waals surface area contributed by atoms with Crippen molar-refractivity contribution in [1.82, 2.24) is 14.5 Å². The van der Waals surface area contributed by atoms with Crippen LogP contribution < -0.4 is 0 Å². The van der Waals surface area contributed by atoms with Crippen molar-refractivity contribution >= 4 is 11.6 Å². The van der Waals surface area contributed by atoms with Gasteiger partial charge in [0.15, 0.2) is 0 Å². The third kappa shape index (κ3) is 2.87. The third-order valence-electron chi connectivity index (χ3n) is 3.06. The highest BCUT2D eigenvalue weighted by molar-refractivity contribution is 6.32. The van der Waals surface area contributed by atoms with Crippen molar-refractivity contribution in [3.8, 4) is 17.0 Å². The van der Waals surface area contributed by atoms with Crippen molar-refractivity contribution in [3.05, 3.63) is 65.6 Å². The first kappa shape index (κ1) is 13.6. The van der Waals surface area contributed by atoms with Crippen LogP contribution in [-0.2, 0) is 6.54 Å². The molecule has 1 N–H and O–H groups in total. The standard InChI is InChI=1S/C15H11ClFN3O/c16-12-5-11(13(17)6-15(12)21)14-2-1-10(7-19-14)8-20-4-3-18-9-20/h1-7,9,21H,8H2. The Hall–Kier alpha value is -2.40. The number of halogens is 2. The van der Waals surface area contributed by atoms with E-state index in [1.165, 1.54) is 6.07 Å². The molecule has 21 heavy (non-hydrogen) atoms. The van der Waals surface area contributed by atoms with E-state index >= 15 is 0 Å². The molecular formula is C15H11ClFN3O. The van der Waals surface area contributed by atoms with Gasteiger partial charge in [0.1, 0.15) is 11.6 Å². The van der Waals surface area contributed by atoms with E-state index in [1.54, 1.807) is 24.8 Å². The molecular weight excluding hydrogens is 293 g/mol. The van der Waals surface area contributed by atoms with Crippen molar-refractivity contribution in [2.24, 2.45) is 0 Å². The molecule has 0 fully saturated rings. The maximum absolute atomic E-state index is 13.9. The van der Waals surface area contributed by atoms with E-state index in [9.17, 15) is 9.50 Å². The molecule has 3 aromatic rings. The second-order valence-corrected chi connectivity index (χ2v) is 4.98. The smallest absolute Gasteiger partial charge is 0.137 e. The van der Waals surface area contributed by atoms with Gasteiger partial charge in [-0.2, -0.15) is 0 Å². The van der Waals surface area contributed by atoms with Crippen molar-refractivity contribution in [3.63, 3.8) is 0 Å². The number of nitrogens with zero attached hydrogens (tertiary/aromatic N) is 3. The van der Waals surface area contributed by atoms with E-state index in [0.717, 1.165) is 11.6 Å². The highest BCUT2D eigenvalue weighted by Crippen LogP contribution is 2.31. The molecule has 0 saturated carbocycles. The Labute approximate surface area is 125 Å². The number of pyridine rings is 1. The number of phenolic OH excluding ortho intramolecular Hbond substituents is 1. The Balaban J connectivity index is 1.89. The number of hydrogen-bond acceptors (Lipinski definition) is 3. The molecule has 0 radical (unpaired) electrons. The van der Waals surface area contributed by atoms with Gasteiger partial charge in [0.25, 0.3) is 0 Å². The molecule has 0 saturated heterocycles. The minimum absolute atomic E-state index is 0.0932. The maximum atomic E-state index is 13.9. The lowest BCUT2D eigenvalue weighted by Crippen LogP contribution is -1.97. The first-order valence-corrected chi connectivity index (χ1v) is 6.60. The molecule has 0 aliphatic rings. The zero-order valence-electron chi connectivity index (χ0n) is 10.9. The van der Waals surface area contributed by atoms with Gasteiger partial charge in [-0.25, -0.2) is 9.37 Å². The second-order valence-electron chi connectivity index (χ2n) is 4.57. The molecule has 0 aliphatic heterocycles. The number of aromatic nitrogens is 3. The Morgan fingerprint density at radius 1 is 1.29 bits per heavy atom. The molecule has 1 aromatic carbocycles. The van der Waals surface area contributed by atoms with Gasteiger partial charge in [-0.15, -0.1) is 0 Å². The maximum Gasteiger partial charge on any atom is 0.137 e. The van der Waals surface area contributed by atoms with E-state index < -0.39 is 5.82 Å². The summed E-state index contributed by atoms with van der Waals surface area (Å²) in [5.74, 6) is -0.846. The highest BCUT2D eigenvalue weighted by atomic mass is 35.5. The fourth-order valence-corrected chi connectivity index (χ4v) is 2.16. The topological polar surface area (TPSA) is 50.9 Å². The molecule has 0 aliphatic carbocycles. The van der Waals surface area contributed by atoms with E-state index in [0.29, 0.717) is 12.2 Å². The molecule has 0 spiro atoms. The predicted octanol–water partition coefficient (Wildman–Crippen LogP) is 3.49. The normalized spacial score (nSPS) is 10.8. The molecule has 4 nitrogen and oxygen atoms in total. The summed E-state index contributed by atoms with van der Waals surface area (Å²) >= 11 is 5.81. The van der Waals surface area contributed by atoms with E-state index in [-0.39, 0.29) is 16.3 Å². The lowest BCUT2D eigenvalue weighted by Gasteiger charge is -2.07. The number of hydrogen-bond donors (Lipinski definition) is 1. The highest BCUT2D eigenvalue weighted by Gasteiger charge is 2.11. The average Bonchev–Trinajstić information content (AvgIpc) is 2.97. The average molecular weight is 304 g/mol. The Kier molecular flexibility index (Phi) is 3.58. The van der Waals surface area contributed by atoms with Gasteiger partial charge in [-0.05, 0) is 17.7 Å². The SMILES string of the molecule is Oc1cc(F)c(-c2ccc(Cn3ccnc3)cn2)cc1Cl. The summed E-state index contributed by atoms with van der Waals surface area (Å²) < 4.78 is 15.8. The first-order chi connectivity index (χ1) is 10.1. The van der Waals surface area contributed by atoms with Crippen molar-refractivity contribution < 1.29 is 9.50 Å². The summed E-state index contributed by atoms with van der Waals surface area (Å²) in [6.07, 6.45) is 6.95. The van der Waals surface area contributed by atoms with E-state index in [1.807, 2.05) is 16.8 Å². The molecule has 0 atom stereocenters. The number of phenols is 1. The van der Waals surface area contributed by atoms with Gasteiger partial charge in [0.2, 0.25) is 0 Å². The zero-order chi connectivity index (χ0) is 14.8. The fraction of sp³-hybridized carbons (Fsp3) is 0.0667. The molecule has 106 valence electrons. The molecule has 0 bridgehead atoms. The zero-order valence-corrected chi connectivity index (χ0v) is 11.6. The van der Waals surface area contributed by atoms with E-state index in [4.69, 9.17) is 11.6 Å². The summed E-state index contributed by atoms with van der Waals surface area (Å²) in [6, 6.07) is 5.93. The van der Waals surface area contributed by atoms with Crippen LogP contribution in [0.2, 0.25) is 5.02 Å². The van der Waals surface area contributed by atoms with Crippen LogP contribution in [0.3, 0.4) is 0 Å². The summed E-state index contributed by atoms with van der Waals surface area (Å²) in [4.78, 5) is 8.21. The minimum Gasteiger partial charge on any atom is -0.506 e. The summed E-state index contributed by atoms with van der Waals surface area (Å²) in [7, 11) is 0. The lowest BCUT2D eigenvalue weighted by molar-refractivity contribution is 0.469. The van der Waals surface area contributed by atoms with Crippen LogP contribution in [0.4, 0.5) is 4.39 Å². The second kappa shape index (κ2) is 5.54. The quantitative estimate of drug-likeness (QED) is 0.806. The fourth-order valence-electron chi connectivity index (χ4n) is 2.00. The van der Waals surface area contributed by atoms with Gasteiger partial charge in [-0.1, -0.05) is 17.7 Å². The van der Waals surface area contributed by atoms with Crippen LogP contribution in [0.5, 0.6) is 5.75 Å². The van der Waals surface area contributed by atoms with Gasteiger partial charge in [0.05, 0.1) is 17.0 Å². The predicted molar refractivity (Wildman–Crippen MR) is 77.6 cm³/mol. The number of rotatable bonds is 3. The van der Waals surface area contributed by atoms with Gasteiger partial charge in [0, 0.05) is 36.8 Å². The Morgan fingerprint density at radius 3 is 2.81 bits per heavy atom. The number of benzene rings is 1. The number of imidazole rings is 1. The molecule has 3 rings (SSSR count). The first-order valence-electron chi connectivity index (χ1n) is 6.22. The summed E-state index contributed by atoms with van der Waals surface area (Å²) in [6.45, 7) is 0.645. The van der Waals surface area contributed by atoms with Crippen LogP contribution in [0, 0.1) is 5.82 Å². The van der Waals surface area contributed by atoms with E-state index in [2.05, 4.69) is 9.97 Å². The van der Waals surface area contributed by atoms with Crippen LogP contribution in [0.15, 0.2) is 49.2 Å². The summed E-state index contributed by atoms with van der Waals surface area (Å²) in [5, 5.41) is 9.45. The van der Waals surface area contributed by atoms with Crippen molar-refractivity contribution in [1.29, 1.82) is 0 Å². The van der Waals surface area contributed by atoms with Gasteiger partial charge >= 0.3 is 0 Å². The molecule has 0 amide bonds. The monoisotopic (exact) mass is 303 g/mol. The van der Waals surface area contributed by atoms with Crippen LogP contribution in [0.1, 0.15) is 5.56 Å². The molecule has 0 unspecified atom stereocenters.